The lowest BCUT2D eigenvalue weighted by Gasteiger charge is -2.13. The summed E-state index contributed by atoms with van der Waals surface area (Å²) >= 11 is 1.66. The van der Waals surface area contributed by atoms with E-state index in [1.807, 2.05) is 78.3 Å². The van der Waals surface area contributed by atoms with Crippen LogP contribution < -0.4 is 9.47 Å². The number of nitrogens with zero attached hydrogens (tertiary/aromatic N) is 1. The summed E-state index contributed by atoms with van der Waals surface area (Å²) in [5.41, 5.74) is 2.66. The first-order valence-corrected chi connectivity index (χ1v) is 13.3. The molecule has 0 fully saturated rings. The van der Waals surface area contributed by atoms with Crippen molar-refractivity contribution in [3.8, 4) is 11.5 Å². The Bertz CT molecular complexity index is 1580. The van der Waals surface area contributed by atoms with E-state index >= 15 is 0 Å². The van der Waals surface area contributed by atoms with Crippen LogP contribution in [0.2, 0.25) is 0 Å². The molecule has 38 heavy (non-hydrogen) atoms. The average molecular weight is 530 g/mol. The number of fused-ring (bicyclic) bond motifs is 2. The Labute approximate surface area is 225 Å². The van der Waals surface area contributed by atoms with Crippen molar-refractivity contribution in [2.45, 2.75) is 17.1 Å². The molecule has 0 aliphatic heterocycles. The van der Waals surface area contributed by atoms with Crippen LogP contribution in [0.25, 0.3) is 21.7 Å². The normalized spacial score (nSPS) is 11.1. The van der Waals surface area contributed by atoms with Gasteiger partial charge in [0.1, 0.15) is 23.0 Å². The Kier molecular flexibility index (Phi) is 7.84. The molecule has 194 valence electrons. The number of benzene rings is 4. The number of halogens is 1. The number of aromatic nitrogens is 1. The van der Waals surface area contributed by atoms with Crippen LogP contribution in [0.5, 0.6) is 11.5 Å². The standard InChI is InChI=1S/C31H28FNO4S/c1-33-28-7-4-3-6-22(28)18-29(33)31(34)37-15-5-14-36-30-19-26(17-23-16-24(32)10-13-27(23)30)38-20-21-8-11-25(35-2)12-9-21/h3-4,6-13,16-19H,5,14-15,20H2,1-2H3. The molecule has 0 bridgehead atoms. The van der Waals surface area contributed by atoms with Crippen molar-refractivity contribution in [2.24, 2.45) is 7.05 Å². The smallest absolute Gasteiger partial charge is 0.354 e. The highest BCUT2D eigenvalue weighted by atomic mass is 32.2. The fourth-order valence-corrected chi connectivity index (χ4v) is 5.26. The van der Waals surface area contributed by atoms with Gasteiger partial charge in [-0.3, -0.25) is 0 Å². The van der Waals surface area contributed by atoms with Gasteiger partial charge in [0, 0.05) is 40.4 Å². The van der Waals surface area contributed by atoms with Gasteiger partial charge in [-0.25, -0.2) is 9.18 Å². The Morgan fingerprint density at radius 1 is 0.921 bits per heavy atom. The molecule has 7 heteroatoms. The zero-order chi connectivity index (χ0) is 26.5. The van der Waals surface area contributed by atoms with Crippen LogP contribution in [0, 0.1) is 5.82 Å². The van der Waals surface area contributed by atoms with E-state index in [2.05, 4.69) is 0 Å². The van der Waals surface area contributed by atoms with Gasteiger partial charge in [-0.2, -0.15) is 0 Å². The highest BCUT2D eigenvalue weighted by Gasteiger charge is 2.14. The van der Waals surface area contributed by atoms with Crippen LogP contribution in [-0.4, -0.2) is 30.9 Å². The van der Waals surface area contributed by atoms with Crippen molar-refractivity contribution in [3.05, 3.63) is 102 Å². The number of para-hydroxylation sites is 1. The Morgan fingerprint density at radius 2 is 1.74 bits per heavy atom. The maximum Gasteiger partial charge on any atom is 0.354 e. The first kappa shape index (κ1) is 25.7. The molecule has 0 aliphatic carbocycles. The van der Waals surface area contributed by atoms with E-state index in [1.54, 1.807) is 24.9 Å². The van der Waals surface area contributed by atoms with E-state index in [1.165, 1.54) is 12.1 Å². The Hall–Kier alpha value is -3.97. The molecule has 1 heterocycles. The molecule has 0 atom stereocenters. The van der Waals surface area contributed by atoms with Crippen molar-refractivity contribution < 1.29 is 23.4 Å². The number of carbonyl (C=O) groups excluding carboxylic acids is 1. The second-order valence-corrected chi connectivity index (χ2v) is 9.96. The lowest BCUT2D eigenvalue weighted by Crippen LogP contribution is -2.12. The van der Waals surface area contributed by atoms with E-state index < -0.39 is 0 Å². The monoisotopic (exact) mass is 529 g/mol. The molecule has 0 saturated heterocycles. The highest BCUT2D eigenvalue weighted by molar-refractivity contribution is 7.98. The van der Waals surface area contributed by atoms with Gasteiger partial charge in [0.25, 0.3) is 0 Å². The molecule has 0 spiro atoms. The first-order chi connectivity index (χ1) is 18.5. The maximum atomic E-state index is 14.0. The Balaban J connectivity index is 1.21. The molecule has 0 aliphatic rings. The molecule has 0 saturated carbocycles. The molecule has 5 aromatic rings. The third kappa shape index (κ3) is 5.78. The molecule has 1 aromatic heterocycles. The molecule has 5 rings (SSSR count). The van der Waals surface area contributed by atoms with Gasteiger partial charge in [0.15, 0.2) is 0 Å². The predicted molar refractivity (Wildman–Crippen MR) is 150 cm³/mol. The topological polar surface area (TPSA) is 49.7 Å². The van der Waals surface area contributed by atoms with Crippen LogP contribution in [0.1, 0.15) is 22.5 Å². The molecule has 0 unspecified atom stereocenters. The summed E-state index contributed by atoms with van der Waals surface area (Å²) in [5.74, 6) is 1.61. The van der Waals surface area contributed by atoms with Crippen molar-refractivity contribution in [1.29, 1.82) is 0 Å². The highest BCUT2D eigenvalue weighted by Crippen LogP contribution is 2.34. The van der Waals surface area contributed by atoms with E-state index in [-0.39, 0.29) is 18.4 Å². The molecular formula is C31H28FNO4S. The van der Waals surface area contributed by atoms with Gasteiger partial charge in [0.05, 0.1) is 20.3 Å². The molecule has 4 aromatic carbocycles. The minimum atomic E-state index is -0.360. The van der Waals surface area contributed by atoms with Crippen molar-refractivity contribution >= 4 is 39.4 Å². The molecule has 0 N–H and O–H groups in total. The second kappa shape index (κ2) is 11.6. The fourth-order valence-electron chi connectivity index (χ4n) is 4.34. The van der Waals surface area contributed by atoms with Gasteiger partial charge < -0.3 is 18.8 Å². The molecule has 0 radical (unpaired) electrons. The lowest BCUT2D eigenvalue weighted by molar-refractivity contribution is 0.0475. The van der Waals surface area contributed by atoms with E-state index in [9.17, 15) is 9.18 Å². The van der Waals surface area contributed by atoms with Crippen LogP contribution in [0.15, 0.2) is 89.8 Å². The zero-order valence-corrected chi connectivity index (χ0v) is 22.1. The summed E-state index contributed by atoms with van der Waals surface area (Å²) in [7, 11) is 3.50. The van der Waals surface area contributed by atoms with Gasteiger partial charge in [-0.05, 0) is 65.5 Å². The molecular weight excluding hydrogens is 501 g/mol. The van der Waals surface area contributed by atoms with Crippen LogP contribution in [0.3, 0.4) is 0 Å². The number of carbonyl (C=O) groups is 1. The summed E-state index contributed by atoms with van der Waals surface area (Å²) < 4.78 is 32.6. The number of aryl methyl sites for hydroxylation is 1. The largest absolute Gasteiger partial charge is 0.497 e. The Morgan fingerprint density at radius 3 is 2.53 bits per heavy atom. The van der Waals surface area contributed by atoms with Gasteiger partial charge in [-0.1, -0.05) is 30.3 Å². The molecule has 0 amide bonds. The second-order valence-electron chi connectivity index (χ2n) is 8.91. The van der Waals surface area contributed by atoms with Crippen LogP contribution in [-0.2, 0) is 17.5 Å². The summed E-state index contributed by atoms with van der Waals surface area (Å²) in [6, 6.07) is 26.3. The van der Waals surface area contributed by atoms with Gasteiger partial charge in [-0.15, -0.1) is 11.8 Å². The summed E-state index contributed by atoms with van der Waals surface area (Å²) in [5, 5.41) is 2.62. The molecule has 5 nitrogen and oxygen atoms in total. The first-order valence-electron chi connectivity index (χ1n) is 12.4. The summed E-state index contributed by atoms with van der Waals surface area (Å²) in [4.78, 5) is 13.6. The number of esters is 1. The number of methoxy groups -OCH3 is 1. The zero-order valence-electron chi connectivity index (χ0n) is 21.3. The van der Waals surface area contributed by atoms with Crippen molar-refractivity contribution in [1.82, 2.24) is 4.57 Å². The van der Waals surface area contributed by atoms with Crippen molar-refractivity contribution in [2.75, 3.05) is 20.3 Å². The van der Waals surface area contributed by atoms with E-state index in [0.717, 1.165) is 43.6 Å². The minimum absolute atomic E-state index is 0.235. The third-order valence-electron chi connectivity index (χ3n) is 6.35. The third-order valence-corrected chi connectivity index (χ3v) is 7.40. The van der Waals surface area contributed by atoms with Crippen molar-refractivity contribution in [3.63, 3.8) is 0 Å². The predicted octanol–water partition coefficient (Wildman–Crippen LogP) is 7.40. The number of hydrogen-bond acceptors (Lipinski definition) is 5. The summed E-state index contributed by atoms with van der Waals surface area (Å²) in [6.07, 6.45) is 0.529. The fraction of sp³-hybridized carbons (Fsp3) is 0.194. The van der Waals surface area contributed by atoms with Crippen LogP contribution in [0.4, 0.5) is 4.39 Å². The number of rotatable bonds is 10. The number of thioether (sulfide) groups is 1. The lowest BCUT2D eigenvalue weighted by atomic mass is 10.1. The maximum absolute atomic E-state index is 14.0. The minimum Gasteiger partial charge on any atom is -0.497 e. The summed E-state index contributed by atoms with van der Waals surface area (Å²) in [6.45, 7) is 0.598. The number of ether oxygens (including phenoxy) is 3. The quantitative estimate of drug-likeness (QED) is 0.107. The van der Waals surface area contributed by atoms with Crippen LogP contribution >= 0.6 is 11.8 Å². The van der Waals surface area contributed by atoms with E-state index in [4.69, 9.17) is 14.2 Å². The van der Waals surface area contributed by atoms with E-state index in [0.29, 0.717) is 24.5 Å². The number of hydrogen-bond donors (Lipinski definition) is 0. The van der Waals surface area contributed by atoms with Gasteiger partial charge in [0.2, 0.25) is 0 Å². The average Bonchev–Trinajstić information content (AvgIpc) is 3.28. The SMILES string of the molecule is COc1ccc(CSc2cc(OCCCOC(=O)c3cc4ccccc4n3C)c3ccc(F)cc3c2)cc1. The van der Waals surface area contributed by atoms with Gasteiger partial charge >= 0.3 is 5.97 Å².